The van der Waals surface area contributed by atoms with Crippen molar-refractivity contribution in [1.29, 1.82) is 0 Å². The lowest BCUT2D eigenvalue weighted by atomic mass is 9.97. The molecule has 1 aliphatic heterocycles. The average molecular weight is 303 g/mol. The van der Waals surface area contributed by atoms with E-state index in [1.54, 1.807) is 5.19 Å². The highest BCUT2D eigenvalue weighted by Gasteiger charge is 2.54. The minimum atomic E-state index is -1.46. The fourth-order valence-corrected chi connectivity index (χ4v) is 21.5. The van der Waals surface area contributed by atoms with Crippen molar-refractivity contribution in [2.24, 2.45) is 11.8 Å². The van der Waals surface area contributed by atoms with Gasteiger partial charge in [0.2, 0.25) is 0 Å². The molecule has 2 heteroatoms. The van der Waals surface area contributed by atoms with Crippen LogP contribution < -0.4 is 5.19 Å². The minimum absolute atomic E-state index is 0.738. The zero-order valence-corrected chi connectivity index (χ0v) is 16.0. The van der Waals surface area contributed by atoms with Crippen molar-refractivity contribution in [3.05, 3.63) is 42.5 Å². The molecule has 0 fully saturated rings. The van der Waals surface area contributed by atoms with Crippen LogP contribution in [0.1, 0.15) is 20.8 Å². The van der Waals surface area contributed by atoms with Gasteiger partial charge in [-0.2, -0.15) is 0 Å². The molecule has 110 valence electrons. The Morgan fingerprint density at radius 3 is 2.20 bits per heavy atom. The van der Waals surface area contributed by atoms with Crippen molar-refractivity contribution < 1.29 is 0 Å². The molecule has 0 aliphatic carbocycles. The lowest BCUT2D eigenvalue weighted by Crippen LogP contribution is -2.70. The lowest BCUT2D eigenvalue weighted by Gasteiger charge is -2.53. The van der Waals surface area contributed by atoms with Crippen LogP contribution in [0.3, 0.4) is 0 Å². The van der Waals surface area contributed by atoms with Crippen LogP contribution in [-0.2, 0) is 0 Å². The molecular formula is C18H30Si2. The fraction of sp³-hybridized carbons (Fsp3) is 0.556. The third-order valence-electron chi connectivity index (χ3n) is 5.36. The first-order valence-corrected chi connectivity index (χ1v) is 14.8. The van der Waals surface area contributed by atoms with Gasteiger partial charge in [-0.15, -0.1) is 0 Å². The highest BCUT2D eigenvalue weighted by Crippen LogP contribution is 2.47. The van der Waals surface area contributed by atoms with Crippen LogP contribution in [0.25, 0.3) is 0 Å². The van der Waals surface area contributed by atoms with Crippen molar-refractivity contribution >= 4 is 20.4 Å². The Morgan fingerprint density at radius 1 is 1.10 bits per heavy atom. The van der Waals surface area contributed by atoms with Gasteiger partial charge in [0.05, 0.1) is 7.59 Å². The number of benzene rings is 1. The normalized spacial score (nSPS) is 30.8. The summed E-state index contributed by atoms with van der Waals surface area (Å²) in [5.41, 5.74) is 0.890. The van der Waals surface area contributed by atoms with Crippen molar-refractivity contribution in [1.82, 2.24) is 0 Å². The van der Waals surface area contributed by atoms with E-state index in [1.165, 1.54) is 6.04 Å². The molecule has 0 nitrogen and oxygen atoms in total. The molecule has 2 rings (SSSR count). The lowest BCUT2D eigenvalue weighted by molar-refractivity contribution is 0.484. The fourth-order valence-electron chi connectivity index (χ4n) is 4.63. The van der Waals surface area contributed by atoms with E-state index >= 15 is 0 Å². The third kappa shape index (κ3) is 2.48. The second-order valence-electron chi connectivity index (χ2n) is 7.85. The Morgan fingerprint density at radius 2 is 1.70 bits per heavy atom. The first kappa shape index (κ1) is 15.8. The monoisotopic (exact) mass is 302 g/mol. The zero-order valence-electron chi connectivity index (χ0n) is 14.0. The van der Waals surface area contributed by atoms with Crippen molar-refractivity contribution in [2.75, 3.05) is 0 Å². The van der Waals surface area contributed by atoms with Gasteiger partial charge in [-0.05, 0) is 23.4 Å². The molecule has 0 aromatic heterocycles. The van der Waals surface area contributed by atoms with Crippen molar-refractivity contribution in [3.8, 4) is 0 Å². The first-order valence-electron chi connectivity index (χ1n) is 8.03. The molecule has 1 aromatic carbocycles. The summed E-state index contributed by atoms with van der Waals surface area (Å²) >= 11 is 0. The van der Waals surface area contributed by atoms with Gasteiger partial charge in [-0.1, -0.05) is 88.1 Å². The van der Waals surface area contributed by atoms with Gasteiger partial charge in [0.25, 0.3) is 0 Å². The van der Waals surface area contributed by atoms with Gasteiger partial charge < -0.3 is 0 Å². The van der Waals surface area contributed by atoms with Crippen LogP contribution in [0, 0.1) is 11.8 Å². The van der Waals surface area contributed by atoms with E-state index in [1.807, 2.05) is 0 Å². The van der Waals surface area contributed by atoms with Gasteiger partial charge in [0.1, 0.15) is 0 Å². The van der Waals surface area contributed by atoms with Crippen molar-refractivity contribution in [3.63, 3.8) is 0 Å². The van der Waals surface area contributed by atoms with Crippen LogP contribution in [0.4, 0.5) is 0 Å². The molecule has 1 aliphatic rings. The third-order valence-corrected chi connectivity index (χ3v) is 23.1. The smallest absolute Gasteiger partial charge is 0.0870 e. The largest absolute Gasteiger partial charge is 0.0908 e. The number of allylic oxidation sites excluding steroid dienone is 2. The van der Waals surface area contributed by atoms with E-state index in [0.29, 0.717) is 0 Å². The van der Waals surface area contributed by atoms with Gasteiger partial charge in [0.15, 0.2) is 0 Å². The van der Waals surface area contributed by atoms with Gasteiger partial charge in [-0.25, -0.2) is 0 Å². The molecule has 0 saturated carbocycles. The molecule has 0 bridgehead atoms. The van der Waals surface area contributed by atoms with Crippen LogP contribution in [0.2, 0.25) is 31.2 Å². The molecule has 1 heterocycles. The summed E-state index contributed by atoms with van der Waals surface area (Å²) in [6.07, 6.45) is 5.00. The molecule has 3 unspecified atom stereocenters. The predicted molar refractivity (Wildman–Crippen MR) is 96.9 cm³/mol. The maximum atomic E-state index is 2.62. The Bertz CT molecular complexity index is 470. The summed E-state index contributed by atoms with van der Waals surface area (Å²) in [5, 5.41) is 1.72. The van der Waals surface area contributed by atoms with Gasteiger partial charge >= 0.3 is 0 Å². The predicted octanol–water partition coefficient (Wildman–Crippen LogP) is 4.99. The highest BCUT2D eigenvalue weighted by atomic mass is 29.3. The second kappa shape index (κ2) is 5.65. The average Bonchev–Trinajstić information content (AvgIpc) is 2.37. The summed E-state index contributed by atoms with van der Waals surface area (Å²) in [6.45, 7) is 15.2. The molecule has 0 amide bonds. The second-order valence-corrected chi connectivity index (χ2v) is 23.1. The maximum Gasteiger partial charge on any atom is 0.0870 e. The number of rotatable bonds is 3. The molecule has 0 saturated heterocycles. The van der Waals surface area contributed by atoms with Gasteiger partial charge in [0, 0.05) is 7.59 Å². The van der Waals surface area contributed by atoms with E-state index in [4.69, 9.17) is 0 Å². The van der Waals surface area contributed by atoms with Crippen LogP contribution >= 0.6 is 0 Å². The van der Waals surface area contributed by atoms with E-state index in [2.05, 4.69) is 82.9 Å². The number of hydrogen-bond acceptors (Lipinski definition) is 0. The maximum absolute atomic E-state index is 2.62. The summed E-state index contributed by atoms with van der Waals surface area (Å²) in [4.78, 5) is 0. The Kier molecular flexibility index (Phi) is 4.45. The zero-order chi connectivity index (χ0) is 15.0. The van der Waals surface area contributed by atoms with Crippen molar-refractivity contribution in [2.45, 2.75) is 52.0 Å². The van der Waals surface area contributed by atoms with E-state index in [-0.39, 0.29) is 0 Å². The summed E-state index contributed by atoms with van der Waals surface area (Å²) in [5.74, 6) is 1.52. The van der Waals surface area contributed by atoms with Gasteiger partial charge in [-0.3, -0.25) is 0 Å². The highest BCUT2D eigenvalue weighted by molar-refractivity contribution is 7.46. The molecule has 3 atom stereocenters. The quantitative estimate of drug-likeness (QED) is 0.545. The van der Waals surface area contributed by atoms with Crippen LogP contribution in [0.5, 0.6) is 0 Å². The Balaban J connectivity index is 2.66. The molecule has 0 N–H and O–H groups in total. The van der Waals surface area contributed by atoms with Crippen LogP contribution in [-0.4, -0.2) is 15.2 Å². The Labute approximate surface area is 127 Å². The standard InChI is InChI=1S/C18H30Si2/c1-15(2)18-16(3)11-10-14-20(18,19(4,5)6)17-12-8-7-9-13-17/h7-13,15-16,18H,14H2,1-6H3. The summed E-state index contributed by atoms with van der Waals surface area (Å²) in [6, 6.07) is 12.9. The first-order chi connectivity index (χ1) is 9.30. The van der Waals surface area contributed by atoms with E-state index in [0.717, 1.165) is 17.4 Å². The summed E-state index contributed by atoms with van der Waals surface area (Å²) < 4.78 is 0. The topological polar surface area (TPSA) is 0 Å². The Hall–Kier alpha value is -0.606. The van der Waals surface area contributed by atoms with Crippen LogP contribution in [0.15, 0.2) is 42.5 Å². The minimum Gasteiger partial charge on any atom is -0.0908 e. The van der Waals surface area contributed by atoms with E-state index < -0.39 is 15.2 Å². The SMILES string of the molecule is CC(C)C1C(C)C=CC[Si]1(c1ccccc1)[Si](C)(C)C. The molecule has 0 spiro atoms. The molecule has 1 aromatic rings. The molecule has 0 radical (unpaired) electrons. The summed E-state index contributed by atoms with van der Waals surface area (Å²) in [7, 11) is -2.69. The van der Waals surface area contributed by atoms with E-state index in [9.17, 15) is 0 Å². The molecule has 20 heavy (non-hydrogen) atoms. The number of hydrogen-bond donors (Lipinski definition) is 0. The molecular weight excluding hydrogens is 272 g/mol.